The molecule has 1 aromatic heterocycles. The van der Waals surface area contributed by atoms with Crippen LogP contribution in [0.5, 0.6) is 0 Å². The summed E-state index contributed by atoms with van der Waals surface area (Å²) in [5.74, 6) is 6.32. The van der Waals surface area contributed by atoms with Gasteiger partial charge in [-0.15, -0.1) is 0 Å². The summed E-state index contributed by atoms with van der Waals surface area (Å²) >= 11 is 2.08. The van der Waals surface area contributed by atoms with Gasteiger partial charge < -0.3 is 10.6 Å². The maximum Gasteiger partial charge on any atom is 0.134 e. The molecular formula is C16H28N4S. The van der Waals surface area contributed by atoms with Gasteiger partial charge in [-0.05, 0) is 43.6 Å². The third-order valence-corrected chi connectivity index (χ3v) is 5.00. The van der Waals surface area contributed by atoms with Gasteiger partial charge in [-0.25, -0.2) is 9.97 Å². The van der Waals surface area contributed by atoms with Crippen molar-refractivity contribution in [1.29, 1.82) is 0 Å². The number of thioether (sulfide) groups is 1. The second-order valence-electron chi connectivity index (χ2n) is 5.68. The van der Waals surface area contributed by atoms with E-state index in [9.17, 15) is 0 Å². The van der Waals surface area contributed by atoms with Crippen molar-refractivity contribution >= 4 is 23.4 Å². The minimum atomic E-state index is 0.790. The molecule has 0 radical (unpaired) electrons. The average Bonchev–Trinajstić information content (AvgIpc) is 2.53. The number of hydrogen-bond donors (Lipinski definition) is 2. The largest absolute Gasteiger partial charge is 0.370 e. The molecule has 21 heavy (non-hydrogen) atoms. The number of hydrogen-bond acceptors (Lipinski definition) is 5. The Hall–Kier alpha value is -0.970. The van der Waals surface area contributed by atoms with E-state index >= 15 is 0 Å². The third kappa shape index (κ3) is 4.77. The average molecular weight is 308 g/mol. The Morgan fingerprint density at radius 3 is 2.38 bits per heavy atom. The number of nitrogens with one attached hydrogen (secondary N) is 2. The van der Waals surface area contributed by atoms with E-state index in [4.69, 9.17) is 0 Å². The number of nitrogens with zero attached hydrogens (tertiary/aromatic N) is 2. The summed E-state index contributed by atoms with van der Waals surface area (Å²) in [4.78, 5) is 9.29. The standard InChI is InChI=1S/C16H28N4S/c1-4-8-17-15-12(3)16(20-14(5-2)19-15)18-11-13-6-9-21-10-7-13/h13H,4-11H2,1-3H3,(H2,17,18,19,20). The van der Waals surface area contributed by atoms with Crippen LogP contribution in [0.1, 0.15) is 44.5 Å². The van der Waals surface area contributed by atoms with Crippen molar-refractivity contribution in [1.82, 2.24) is 9.97 Å². The van der Waals surface area contributed by atoms with Crippen molar-refractivity contribution in [2.45, 2.75) is 46.5 Å². The molecule has 1 aliphatic rings. The monoisotopic (exact) mass is 308 g/mol. The first-order valence-corrected chi connectivity index (χ1v) is 9.33. The van der Waals surface area contributed by atoms with Crippen molar-refractivity contribution in [2.24, 2.45) is 5.92 Å². The molecular weight excluding hydrogens is 280 g/mol. The lowest BCUT2D eigenvalue weighted by Gasteiger charge is -2.22. The summed E-state index contributed by atoms with van der Waals surface area (Å²) in [6.45, 7) is 8.38. The van der Waals surface area contributed by atoms with Crippen LogP contribution in [-0.2, 0) is 6.42 Å². The first-order chi connectivity index (χ1) is 10.2. The van der Waals surface area contributed by atoms with Gasteiger partial charge in [0.15, 0.2) is 0 Å². The Bertz CT molecular complexity index is 444. The first-order valence-electron chi connectivity index (χ1n) is 8.17. The lowest BCUT2D eigenvalue weighted by molar-refractivity contribution is 0.515. The van der Waals surface area contributed by atoms with Crippen molar-refractivity contribution in [3.05, 3.63) is 11.4 Å². The topological polar surface area (TPSA) is 49.8 Å². The summed E-state index contributed by atoms with van der Waals surface area (Å²) in [5, 5.41) is 7.00. The van der Waals surface area contributed by atoms with Crippen molar-refractivity contribution in [3.63, 3.8) is 0 Å². The molecule has 0 spiro atoms. The summed E-state index contributed by atoms with van der Waals surface area (Å²) in [6.07, 6.45) is 4.62. The highest BCUT2D eigenvalue weighted by Crippen LogP contribution is 2.25. The maximum atomic E-state index is 4.68. The van der Waals surface area contributed by atoms with Gasteiger partial charge in [-0.3, -0.25) is 0 Å². The summed E-state index contributed by atoms with van der Waals surface area (Å²) in [5.41, 5.74) is 1.14. The highest BCUT2D eigenvalue weighted by Gasteiger charge is 2.15. The zero-order chi connectivity index (χ0) is 15.1. The Labute approximate surface area is 132 Å². The minimum Gasteiger partial charge on any atom is -0.370 e. The van der Waals surface area contributed by atoms with E-state index in [1.54, 1.807) is 0 Å². The molecule has 1 aliphatic heterocycles. The van der Waals surface area contributed by atoms with E-state index in [0.717, 1.165) is 54.9 Å². The molecule has 1 saturated heterocycles. The van der Waals surface area contributed by atoms with Crippen LogP contribution < -0.4 is 10.6 Å². The zero-order valence-corrected chi connectivity index (χ0v) is 14.4. The molecule has 2 heterocycles. The van der Waals surface area contributed by atoms with Crippen LogP contribution in [-0.4, -0.2) is 34.6 Å². The normalized spacial score (nSPS) is 16.0. The fraction of sp³-hybridized carbons (Fsp3) is 0.750. The Kier molecular flexibility index (Phi) is 6.61. The molecule has 0 amide bonds. The van der Waals surface area contributed by atoms with E-state index in [1.807, 2.05) is 0 Å². The van der Waals surface area contributed by atoms with Crippen LogP contribution in [0.15, 0.2) is 0 Å². The summed E-state index contributed by atoms with van der Waals surface area (Å²) in [6, 6.07) is 0. The summed E-state index contributed by atoms with van der Waals surface area (Å²) < 4.78 is 0. The van der Waals surface area contributed by atoms with E-state index in [-0.39, 0.29) is 0 Å². The van der Waals surface area contributed by atoms with Crippen LogP contribution in [0.4, 0.5) is 11.6 Å². The predicted octanol–water partition coefficient (Wildman–Crippen LogP) is 3.72. The van der Waals surface area contributed by atoms with Crippen molar-refractivity contribution in [2.75, 3.05) is 35.2 Å². The van der Waals surface area contributed by atoms with E-state index in [1.165, 1.54) is 24.3 Å². The van der Waals surface area contributed by atoms with E-state index < -0.39 is 0 Å². The van der Waals surface area contributed by atoms with Gasteiger partial charge >= 0.3 is 0 Å². The second-order valence-corrected chi connectivity index (χ2v) is 6.90. The van der Waals surface area contributed by atoms with Gasteiger partial charge in [0.2, 0.25) is 0 Å². The van der Waals surface area contributed by atoms with Crippen LogP contribution in [0.2, 0.25) is 0 Å². The smallest absolute Gasteiger partial charge is 0.134 e. The van der Waals surface area contributed by atoms with E-state index in [0.29, 0.717) is 0 Å². The molecule has 2 N–H and O–H groups in total. The van der Waals surface area contributed by atoms with Crippen molar-refractivity contribution in [3.8, 4) is 0 Å². The molecule has 4 nitrogen and oxygen atoms in total. The fourth-order valence-electron chi connectivity index (χ4n) is 2.50. The Morgan fingerprint density at radius 1 is 1.10 bits per heavy atom. The molecule has 0 aliphatic carbocycles. The number of aryl methyl sites for hydroxylation is 1. The van der Waals surface area contributed by atoms with Gasteiger partial charge in [0.1, 0.15) is 17.5 Å². The van der Waals surface area contributed by atoms with Gasteiger partial charge in [-0.1, -0.05) is 13.8 Å². The van der Waals surface area contributed by atoms with Gasteiger partial charge in [0, 0.05) is 25.1 Å². The van der Waals surface area contributed by atoms with Crippen LogP contribution in [0.3, 0.4) is 0 Å². The quantitative estimate of drug-likeness (QED) is 0.804. The number of anilines is 2. The second kappa shape index (κ2) is 8.47. The maximum absolute atomic E-state index is 4.68. The Morgan fingerprint density at radius 2 is 1.76 bits per heavy atom. The van der Waals surface area contributed by atoms with Gasteiger partial charge in [0.25, 0.3) is 0 Å². The lowest BCUT2D eigenvalue weighted by Crippen LogP contribution is -2.21. The number of aromatic nitrogens is 2. The van der Waals surface area contributed by atoms with Crippen LogP contribution in [0, 0.1) is 12.8 Å². The molecule has 0 bridgehead atoms. The first kappa shape index (κ1) is 16.4. The predicted molar refractivity (Wildman–Crippen MR) is 93.5 cm³/mol. The molecule has 0 aromatic carbocycles. The highest BCUT2D eigenvalue weighted by molar-refractivity contribution is 7.99. The Balaban J connectivity index is 2.05. The van der Waals surface area contributed by atoms with Gasteiger partial charge in [-0.2, -0.15) is 11.8 Å². The van der Waals surface area contributed by atoms with Crippen molar-refractivity contribution < 1.29 is 0 Å². The van der Waals surface area contributed by atoms with Crippen LogP contribution >= 0.6 is 11.8 Å². The van der Waals surface area contributed by atoms with Crippen LogP contribution in [0.25, 0.3) is 0 Å². The molecule has 1 aromatic rings. The lowest BCUT2D eigenvalue weighted by atomic mass is 10.0. The molecule has 5 heteroatoms. The highest BCUT2D eigenvalue weighted by atomic mass is 32.2. The third-order valence-electron chi connectivity index (χ3n) is 3.95. The molecule has 0 atom stereocenters. The molecule has 0 unspecified atom stereocenters. The molecule has 2 rings (SSSR count). The molecule has 1 fully saturated rings. The zero-order valence-electron chi connectivity index (χ0n) is 13.5. The SMILES string of the molecule is CCCNc1nc(CC)nc(NCC2CCSCC2)c1C. The molecule has 0 saturated carbocycles. The number of rotatable bonds is 7. The molecule has 118 valence electrons. The van der Waals surface area contributed by atoms with Gasteiger partial charge in [0.05, 0.1) is 0 Å². The summed E-state index contributed by atoms with van der Waals surface area (Å²) in [7, 11) is 0. The minimum absolute atomic E-state index is 0.790. The van der Waals surface area contributed by atoms with E-state index in [2.05, 4.69) is 53.1 Å². The fourth-order valence-corrected chi connectivity index (χ4v) is 3.70.